The molecule has 4 heteroatoms. The lowest BCUT2D eigenvalue weighted by Crippen LogP contribution is -2.27. The highest BCUT2D eigenvalue weighted by molar-refractivity contribution is 6.29. The number of phenolic OH excluding ortho intramolecular Hbond substituents is 1. The molecule has 1 aromatic rings. The van der Waals surface area contributed by atoms with Crippen molar-refractivity contribution in [3.05, 3.63) is 59.6 Å². The van der Waals surface area contributed by atoms with Crippen LogP contribution in [-0.4, -0.2) is 22.1 Å². The second kappa shape index (κ2) is 4.31. The van der Waals surface area contributed by atoms with Crippen LogP contribution in [0.5, 0.6) is 5.75 Å². The SMILES string of the molecule is O=C1C(c2ccc(O)cc2)=COC2CC(O)=CC=C12. The molecule has 96 valence electrons. The van der Waals surface area contributed by atoms with Gasteiger partial charge in [0.05, 0.1) is 17.6 Å². The standard InChI is InChI=1S/C15H12O4/c16-10-3-1-9(2-4-10)13-8-19-14-7-11(17)5-6-12(14)15(13)18/h1-6,8,14,16-17H,7H2. The summed E-state index contributed by atoms with van der Waals surface area (Å²) >= 11 is 0. The Labute approximate surface area is 109 Å². The van der Waals surface area contributed by atoms with Gasteiger partial charge < -0.3 is 14.9 Å². The van der Waals surface area contributed by atoms with Crippen molar-refractivity contribution in [2.24, 2.45) is 0 Å². The predicted octanol–water partition coefficient (Wildman–Crippen LogP) is 2.47. The van der Waals surface area contributed by atoms with E-state index >= 15 is 0 Å². The Hall–Kier alpha value is -2.49. The van der Waals surface area contributed by atoms with E-state index in [4.69, 9.17) is 4.74 Å². The van der Waals surface area contributed by atoms with Gasteiger partial charge in [-0.3, -0.25) is 4.79 Å². The van der Waals surface area contributed by atoms with Gasteiger partial charge in [-0.2, -0.15) is 0 Å². The van der Waals surface area contributed by atoms with Crippen molar-refractivity contribution in [1.29, 1.82) is 0 Å². The number of fused-ring (bicyclic) bond motifs is 1. The summed E-state index contributed by atoms with van der Waals surface area (Å²) in [6.07, 6.45) is 4.46. The molecule has 1 unspecified atom stereocenters. The van der Waals surface area contributed by atoms with Crippen LogP contribution in [0.2, 0.25) is 0 Å². The first-order valence-corrected chi connectivity index (χ1v) is 5.94. The average molecular weight is 256 g/mol. The fraction of sp³-hybridized carbons (Fsp3) is 0.133. The quantitative estimate of drug-likeness (QED) is 0.810. The highest BCUT2D eigenvalue weighted by Gasteiger charge is 2.31. The van der Waals surface area contributed by atoms with Crippen LogP contribution in [0.3, 0.4) is 0 Å². The van der Waals surface area contributed by atoms with Gasteiger partial charge in [0.1, 0.15) is 11.9 Å². The van der Waals surface area contributed by atoms with E-state index in [1.165, 1.54) is 24.5 Å². The third-order valence-corrected chi connectivity index (χ3v) is 3.23. The zero-order valence-corrected chi connectivity index (χ0v) is 10.0. The summed E-state index contributed by atoms with van der Waals surface area (Å²) in [5.41, 5.74) is 1.70. The van der Waals surface area contributed by atoms with Gasteiger partial charge in [0.2, 0.25) is 0 Å². The molecule has 0 radical (unpaired) electrons. The van der Waals surface area contributed by atoms with Gasteiger partial charge in [0.25, 0.3) is 0 Å². The molecule has 0 fully saturated rings. The van der Waals surface area contributed by atoms with Crippen molar-refractivity contribution in [2.75, 3.05) is 0 Å². The van der Waals surface area contributed by atoms with E-state index in [-0.39, 0.29) is 17.3 Å². The molecule has 2 aliphatic rings. The van der Waals surface area contributed by atoms with Crippen molar-refractivity contribution in [1.82, 2.24) is 0 Å². The zero-order valence-electron chi connectivity index (χ0n) is 10.0. The average Bonchev–Trinajstić information content (AvgIpc) is 2.40. The van der Waals surface area contributed by atoms with Crippen molar-refractivity contribution in [2.45, 2.75) is 12.5 Å². The monoisotopic (exact) mass is 256 g/mol. The number of carbonyl (C=O) groups excluding carboxylic acids is 1. The van der Waals surface area contributed by atoms with Crippen LogP contribution in [0, 0.1) is 0 Å². The van der Waals surface area contributed by atoms with Gasteiger partial charge >= 0.3 is 0 Å². The summed E-state index contributed by atoms with van der Waals surface area (Å²) in [6, 6.07) is 6.38. The normalized spacial score (nSPS) is 21.8. The van der Waals surface area contributed by atoms with Crippen molar-refractivity contribution in [3.8, 4) is 5.75 Å². The number of phenols is 1. The first kappa shape index (κ1) is 11.6. The highest BCUT2D eigenvalue weighted by Crippen LogP contribution is 2.32. The number of hydrogen-bond donors (Lipinski definition) is 2. The number of hydrogen-bond acceptors (Lipinski definition) is 4. The molecule has 0 saturated heterocycles. The summed E-state index contributed by atoms with van der Waals surface area (Å²) < 4.78 is 5.51. The molecular formula is C15H12O4. The molecule has 0 spiro atoms. The van der Waals surface area contributed by atoms with Gasteiger partial charge in [-0.1, -0.05) is 12.1 Å². The van der Waals surface area contributed by atoms with E-state index in [9.17, 15) is 15.0 Å². The molecule has 1 aliphatic heterocycles. The summed E-state index contributed by atoms with van der Waals surface area (Å²) in [5, 5.41) is 18.7. The first-order valence-electron chi connectivity index (χ1n) is 5.94. The number of aliphatic hydroxyl groups is 1. The van der Waals surface area contributed by atoms with E-state index in [1.807, 2.05) is 0 Å². The van der Waals surface area contributed by atoms with E-state index in [1.54, 1.807) is 18.2 Å². The molecule has 2 N–H and O–H groups in total. The number of rotatable bonds is 1. The number of carbonyl (C=O) groups is 1. The molecule has 4 nitrogen and oxygen atoms in total. The Morgan fingerprint density at radius 1 is 1.11 bits per heavy atom. The number of aromatic hydroxyl groups is 1. The lowest BCUT2D eigenvalue weighted by atomic mass is 9.88. The second-order valence-corrected chi connectivity index (χ2v) is 4.52. The number of ketones is 1. The molecule has 19 heavy (non-hydrogen) atoms. The van der Waals surface area contributed by atoms with E-state index in [0.717, 1.165) is 0 Å². The van der Waals surface area contributed by atoms with Crippen LogP contribution in [0.1, 0.15) is 12.0 Å². The van der Waals surface area contributed by atoms with Crippen molar-refractivity contribution >= 4 is 11.4 Å². The van der Waals surface area contributed by atoms with E-state index in [2.05, 4.69) is 0 Å². The molecule has 3 rings (SSSR count). The third-order valence-electron chi connectivity index (χ3n) is 3.23. The van der Waals surface area contributed by atoms with E-state index in [0.29, 0.717) is 23.1 Å². The van der Waals surface area contributed by atoms with Gasteiger partial charge in [-0.25, -0.2) is 0 Å². The van der Waals surface area contributed by atoms with Crippen LogP contribution in [0.4, 0.5) is 0 Å². The third kappa shape index (κ3) is 2.01. The lowest BCUT2D eigenvalue weighted by molar-refractivity contribution is -0.112. The summed E-state index contributed by atoms with van der Waals surface area (Å²) in [6.45, 7) is 0. The fourth-order valence-corrected chi connectivity index (χ4v) is 2.20. The maximum Gasteiger partial charge on any atom is 0.196 e. The molecule has 0 aromatic heterocycles. The van der Waals surface area contributed by atoms with Crippen LogP contribution < -0.4 is 0 Å². The lowest BCUT2D eigenvalue weighted by Gasteiger charge is -2.26. The smallest absolute Gasteiger partial charge is 0.196 e. The maximum absolute atomic E-state index is 12.4. The molecule has 1 aromatic carbocycles. The number of allylic oxidation sites excluding steroid dienone is 3. The molecule has 0 amide bonds. The minimum atomic E-state index is -0.404. The van der Waals surface area contributed by atoms with Crippen LogP contribution in [0.25, 0.3) is 5.57 Å². The van der Waals surface area contributed by atoms with Crippen LogP contribution in [0.15, 0.2) is 54.0 Å². The number of ether oxygens (including phenoxy) is 1. The summed E-state index contributed by atoms with van der Waals surface area (Å²) in [7, 11) is 0. The summed E-state index contributed by atoms with van der Waals surface area (Å²) in [4.78, 5) is 12.4. The Morgan fingerprint density at radius 3 is 2.58 bits per heavy atom. The van der Waals surface area contributed by atoms with Crippen LogP contribution >= 0.6 is 0 Å². The molecule has 1 atom stereocenters. The minimum absolute atomic E-state index is 0.106. The molecule has 0 bridgehead atoms. The summed E-state index contributed by atoms with van der Waals surface area (Å²) in [5.74, 6) is 0.255. The molecule has 1 heterocycles. The maximum atomic E-state index is 12.4. The van der Waals surface area contributed by atoms with Gasteiger partial charge in [-0.05, 0) is 29.8 Å². The molecule has 1 aliphatic carbocycles. The van der Waals surface area contributed by atoms with Crippen molar-refractivity contribution < 1.29 is 19.7 Å². The number of benzene rings is 1. The predicted molar refractivity (Wildman–Crippen MR) is 69.4 cm³/mol. The Bertz CT molecular complexity index is 620. The van der Waals surface area contributed by atoms with E-state index < -0.39 is 6.10 Å². The van der Waals surface area contributed by atoms with Gasteiger partial charge in [-0.15, -0.1) is 0 Å². The van der Waals surface area contributed by atoms with Gasteiger partial charge in [0.15, 0.2) is 5.78 Å². The fourth-order valence-electron chi connectivity index (χ4n) is 2.20. The molecular weight excluding hydrogens is 244 g/mol. The number of aliphatic hydroxyl groups excluding tert-OH is 1. The largest absolute Gasteiger partial charge is 0.512 e. The Balaban J connectivity index is 1.97. The van der Waals surface area contributed by atoms with Gasteiger partial charge in [0, 0.05) is 12.0 Å². The van der Waals surface area contributed by atoms with Crippen molar-refractivity contribution in [3.63, 3.8) is 0 Å². The topological polar surface area (TPSA) is 66.8 Å². The highest BCUT2D eigenvalue weighted by atomic mass is 16.5. The number of Topliss-reactive ketones (excluding diaryl/α,β-unsaturated/α-hetero) is 1. The second-order valence-electron chi connectivity index (χ2n) is 4.52. The first-order chi connectivity index (χ1) is 9.15. The molecule has 0 saturated carbocycles. The minimum Gasteiger partial charge on any atom is -0.512 e. The Morgan fingerprint density at radius 2 is 1.84 bits per heavy atom. The van der Waals surface area contributed by atoms with Crippen LogP contribution in [-0.2, 0) is 9.53 Å². The Kier molecular flexibility index (Phi) is 2.63. The zero-order chi connectivity index (χ0) is 13.4.